The molecule has 0 aliphatic carbocycles. The van der Waals surface area contributed by atoms with Gasteiger partial charge in [-0.1, -0.05) is 12.1 Å². The number of esters is 1. The molecule has 0 aromatic heterocycles. The number of nitro benzene ring substituents is 1. The minimum atomic E-state index is -0.430. The van der Waals surface area contributed by atoms with Crippen molar-refractivity contribution in [1.29, 1.82) is 0 Å². The molecule has 0 unspecified atom stereocenters. The van der Waals surface area contributed by atoms with Crippen molar-refractivity contribution in [2.75, 3.05) is 13.1 Å². The molecule has 1 fully saturated rings. The Balaban J connectivity index is 1.83. The summed E-state index contributed by atoms with van der Waals surface area (Å²) in [5, 5.41) is 12.9. The Morgan fingerprint density at radius 3 is 2.48 bits per heavy atom. The minimum absolute atomic E-state index is 0.0616. The fourth-order valence-corrected chi connectivity index (χ4v) is 3.08. The Morgan fingerprint density at radius 2 is 1.91 bits per heavy atom. The van der Waals surface area contributed by atoms with E-state index < -0.39 is 10.5 Å². The van der Waals surface area contributed by atoms with E-state index >= 15 is 0 Å². The van der Waals surface area contributed by atoms with E-state index in [2.05, 4.69) is 5.32 Å². The highest BCUT2D eigenvalue weighted by Gasteiger charge is 2.35. The zero-order valence-electron chi connectivity index (χ0n) is 13.8. The van der Waals surface area contributed by atoms with Crippen molar-refractivity contribution in [3.8, 4) is 0 Å². The van der Waals surface area contributed by atoms with Crippen molar-refractivity contribution in [1.82, 2.24) is 0 Å². The standard InChI is InChI=1S/C17H24N2O4/c1-17(2,14-9-11-18-12-10-14)23-16(20)8-5-13-3-6-15(7-4-13)19(21)22/h3-4,6-7,14,18H,5,8-12H2,1-2H3/p+1. The predicted octanol–water partition coefficient (Wildman–Crippen LogP) is 1.82. The lowest BCUT2D eigenvalue weighted by molar-refractivity contribution is -0.665. The molecule has 0 radical (unpaired) electrons. The third-order valence-electron chi connectivity index (χ3n) is 4.56. The second-order valence-electron chi connectivity index (χ2n) is 6.64. The highest BCUT2D eigenvalue weighted by Crippen LogP contribution is 2.28. The van der Waals surface area contributed by atoms with Crippen LogP contribution in [0.15, 0.2) is 24.3 Å². The smallest absolute Gasteiger partial charge is 0.306 e. The van der Waals surface area contributed by atoms with Crippen LogP contribution in [0.3, 0.4) is 0 Å². The number of nitrogens with two attached hydrogens (primary N) is 1. The van der Waals surface area contributed by atoms with Crippen LogP contribution in [0.25, 0.3) is 0 Å². The monoisotopic (exact) mass is 321 g/mol. The second kappa shape index (κ2) is 7.55. The number of carbonyl (C=O) groups is 1. The summed E-state index contributed by atoms with van der Waals surface area (Å²) < 4.78 is 5.70. The maximum absolute atomic E-state index is 12.1. The first-order chi connectivity index (χ1) is 10.9. The molecule has 0 amide bonds. The molecule has 1 aromatic rings. The number of hydrogen-bond donors (Lipinski definition) is 1. The first-order valence-electron chi connectivity index (χ1n) is 8.15. The molecule has 0 spiro atoms. The topological polar surface area (TPSA) is 86.0 Å². The van der Waals surface area contributed by atoms with Gasteiger partial charge in [-0.25, -0.2) is 0 Å². The number of rotatable bonds is 6. The van der Waals surface area contributed by atoms with Crippen LogP contribution < -0.4 is 5.32 Å². The number of nitro groups is 1. The van der Waals surface area contributed by atoms with Gasteiger partial charge in [-0.05, 0) is 25.8 Å². The van der Waals surface area contributed by atoms with Gasteiger partial charge in [0.15, 0.2) is 0 Å². The van der Waals surface area contributed by atoms with Gasteiger partial charge < -0.3 is 10.1 Å². The molecule has 0 saturated carbocycles. The van der Waals surface area contributed by atoms with E-state index in [1.807, 2.05) is 13.8 Å². The number of ether oxygens (including phenoxy) is 1. The highest BCUT2D eigenvalue weighted by molar-refractivity contribution is 5.70. The van der Waals surface area contributed by atoms with Crippen LogP contribution in [0, 0.1) is 16.0 Å². The third-order valence-corrected chi connectivity index (χ3v) is 4.56. The lowest BCUT2D eigenvalue weighted by Crippen LogP contribution is -2.86. The van der Waals surface area contributed by atoms with Crippen LogP contribution in [-0.4, -0.2) is 29.6 Å². The van der Waals surface area contributed by atoms with Gasteiger partial charge in [0.2, 0.25) is 0 Å². The molecule has 1 aliphatic rings. The molecule has 23 heavy (non-hydrogen) atoms. The summed E-state index contributed by atoms with van der Waals surface area (Å²) in [6.07, 6.45) is 2.97. The number of hydrogen-bond acceptors (Lipinski definition) is 4. The van der Waals surface area contributed by atoms with Gasteiger partial charge in [0.05, 0.1) is 18.0 Å². The molecule has 126 valence electrons. The molecule has 0 atom stereocenters. The first-order valence-corrected chi connectivity index (χ1v) is 8.15. The quantitative estimate of drug-likeness (QED) is 0.492. The van der Waals surface area contributed by atoms with Gasteiger partial charge in [-0.15, -0.1) is 0 Å². The van der Waals surface area contributed by atoms with Gasteiger partial charge in [0.1, 0.15) is 5.60 Å². The maximum Gasteiger partial charge on any atom is 0.306 e. The van der Waals surface area contributed by atoms with E-state index in [9.17, 15) is 14.9 Å². The summed E-state index contributed by atoms with van der Waals surface area (Å²) in [6.45, 7) is 6.17. The fraction of sp³-hybridized carbons (Fsp3) is 0.588. The second-order valence-corrected chi connectivity index (χ2v) is 6.64. The third kappa shape index (κ3) is 5.03. The lowest BCUT2D eigenvalue weighted by Gasteiger charge is -2.35. The largest absolute Gasteiger partial charge is 0.459 e. The SMILES string of the molecule is CC(C)(OC(=O)CCc1ccc([N+](=O)[O-])cc1)C1CC[NH2+]CC1. The zero-order chi connectivity index (χ0) is 16.9. The number of non-ortho nitro benzene ring substituents is 1. The van der Waals surface area contributed by atoms with E-state index in [1.165, 1.54) is 12.1 Å². The molecule has 1 aromatic carbocycles. The minimum Gasteiger partial charge on any atom is -0.459 e. The van der Waals surface area contributed by atoms with Crippen molar-refractivity contribution in [3.05, 3.63) is 39.9 Å². The van der Waals surface area contributed by atoms with Crippen molar-refractivity contribution in [2.45, 2.75) is 45.1 Å². The summed E-state index contributed by atoms with van der Waals surface area (Å²) in [4.78, 5) is 22.3. The number of benzene rings is 1. The van der Waals surface area contributed by atoms with E-state index in [4.69, 9.17) is 4.74 Å². The summed E-state index contributed by atoms with van der Waals surface area (Å²) >= 11 is 0. The summed E-state index contributed by atoms with van der Waals surface area (Å²) in [5.74, 6) is 0.207. The number of nitrogens with zero attached hydrogens (tertiary/aromatic N) is 1. The maximum atomic E-state index is 12.1. The Kier molecular flexibility index (Phi) is 5.71. The molecule has 0 bridgehead atoms. The van der Waals surface area contributed by atoms with E-state index in [-0.39, 0.29) is 11.7 Å². The number of aryl methyl sites for hydroxylation is 1. The number of quaternary nitrogens is 1. The van der Waals surface area contributed by atoms with Gasteiger partial charge in [0.25, 0.3) is 5.69 Å². The van der Waals surface area contributed by atoms with Crippen LogP contribution in [0.1, 0.15) is 38.7 Å². The van der Waals surface area contributed by atoms with E-state index in [0.29, 0.717) is 18.8 Å². The number of piperidine rings is 1. The molecule has 1 saturated heterocycles. The molecule has 6 nitrogen and oxygen atoms in total. The van der Waals surface area contributed by atoms with Crippen molar-refractivity contribution in [2.24, 2.45) is 5.92 Å². The summed E-state index contributed by atoms with van der Waals surface area (Å²) in [5.41, 5.74) is 0.532. The normalized spacial score (nSPS) is 16.1. The molecule has 2 rings (SSSR count). The summed E-state index contributed by atoms with van der Waals surface area (Å²) in [7, 11) is 0. The molecule has 1 aliphatic heterocycles. The van der Waals surface area contributed by atoms with Gasteiger partial charge >= 0.3 is 5.97 Å². The Morgan fingerprint density at radius 1 is 1.30 bits per heavy atom. The van der Waals surface area contributed by atoms with Gasteiger partial charge in [-0.2, -0.15) is 0 Å². The molecular weight excluding hydrogens is 296 g/mol. The Labute approximate surface area is 136 Å². The highest BCUT2D eigenvalue weighted by atomic mass is 16.6. The average Bonchev–Trinajstić information content (AvgIpc) is 2.54. The van der Waals surface area contributed by atoms with Crippen molar-refractivity contribution < 1.29 is 19.8 Å². The van der Waals surface area contributed by atoms with Crippen LogP contribution in [0.4, 0.5) is 5.69 Å². The molecular formula is C17H25N2O4+. The fourth-order valence-electron chi connectivity index (χ4n) is 3.08. The van der Waals surface area contributed by atoms with Crippen LogP contribution in [0.2, 0.25) is 0 Å². The summed E-state index contributed by atoms with van der Waals surface area (Å²) in [6, 6.07) is 6.30. The zero-order valence-corrected chi connectivity index (χ0v) is 13.8. The molecule has 2 N–H and O–H groups in total. The van der Waals surface area contributed by atoms with Crippen molar-refractivity contribution in [3.63, 3.8) is 0 Å². The lowest BCUT2D eigenvalue weighted by atomic mass is 9.83. The van der Waals surface area contributed by atoms with Crippen LogP contribution in [0.5, 0.6) is 0 Å². The Hall–Kier alpha value is -1.95. The van der Waals surface area contributed by atoms with Crippen molar-refractivity contribution >= 4 is 11.7 Å². The first kappa shape index (κ1) is 17.4. The van der Waals surface area contributed by atoms with Gasteiger partial charge in [-0.3, -0.25) is 14.9 Å². The predicted molar refractivity (Wildman–Crippen MR) is 86.0 cm³/mol. The van der Waals surface area contributed by atoms with E-state index in [0.717, 1.165) is 31.5 Å². The number of carbonyl (C=O) groups excluding carboxylic acids is 1. The van der Waals surface area contributed by atoms with Crippen LogP contribution >= 0.6 is 0 Å². The van der Waals surface area contributed by atoms with Gasteiger partial charge in [0, 0.05) is 37.3 Å². The molecule has 6 heteroatoms. The Bertz CT molecular complexity index is 548. The molecule has 1 heterocycles. The van der Waals surface area contributed by atoms with E-state index in [1.54, 1.807) is 12.1 Å². The average molecular weight is 321 g/mol. The van der Waals surface area contributed by atoms with Crippen LogP contribution in [-0.2, 0) is 16.0 Å².